The molecule has 10 aliphatic carbocycles. The number of esters is 1. The number of ether oxygens (including phenoxy) is 1. The van der Waals surface area contributed by atoms with Gasteiger partial charge >= 0.3 is 5.97 Å². The first kappa shape index (κ1) is 57.7. The number of aliphatic hydroxyl groups excluding tert-OH is 1. The van der Waals surface area contributed by atoms with Gasteiger partial charge in [-0.25, -0.2) is 9.69 Å². The minimum atomic E-state index is -0.641. The summed E-state index contributed by atoms with van der Waals surface area (Å²) in [6.07, 6.45) is 23.8. The monoisotopic (exact) mass is 1060 g/mol. The van der Waals surface area contributed by atoms with Crippen LogP contribution in [0.1, 0.15) is 224 Å². The molecular formula is C68H100N2O7. The maximum Gasteiger partial charge on any atom is 0.302 e. The number of ketones is 4. The highest BCUT2D eigenvalue weighted by Gasteiger charge is 2.72. The molecule has 0 aromatic rings. The summed E-state index contributed by atoms with van der Waals surface area (Å²) < 4.78 is 17.0. The van der Waals surface area contributed by atoms with E-state index in [0.717, 1.165) is 108 Å². The number of fused-ring (bicyclic) bond motifs is 14. The number of hydrogen-bond donors (Lipinski definition) is 1. The lowest BCUT2D eigenvalue weighted by Gasteiger charge is -2.69. The number of carbonyl (C=O) groups excluding carboxylic acids is 5. The minimum absolute atomic E-state index is 0.0179. The Kier molecular flexibility index (Phi) is 14.3. The van der Waals surface area contributed by atoms with E-state index in [1.54, 1.807) is 0 Å². The second-order valence-electron chi connectivity index (χ2n) is 30.7. The summed E-state index contributed by atoms with van der Waals surface area (Å²) in [4.78, 5) is 74.2. The molecule has 10 aliphatic rings. The number of hydrogen-bond acceptors (Lipinski definition) is 7. The fraction of sp³-hybridized carbons (Fsp3) is 0.779. The Morgan fingerprint density at radius 3 is 1.31 bits per heavy atom. The number of carbonyl (C=O) groups is 5. The van der Waals surface area contributed by atoms with Crippen molar-refractivity contribution in [1.29, 1.82) is 0 Å². The Morgan fingerprint density at radius 1 is 0.597 bits per heavy atom. The molecule has 0 saturated heterocycles. The maximum atomic E-state index is 14.5. The van der Waals surface area contributed by atoms with Gasteiger partial charge in [0.25, 0.3) is 0 Å². The molecule has 0 bridgehead atoms. The van der Waals surface area contributed by atoms with E-state index in [1.165, 1.54) is 27.3 Å². The third-order valence-electron chi connectivity index (χ3n) is 25.6. The molecule has 0 amide bonds. The van der Waals surface area contributed by atoms with Crippen LogP contribution in [0.3, 0.4) is 0 Å². The molecule has 10 rings (SSSR count). The summed E-state index contributed by atoms with van der Waals surface area (Å²) in [5.41, 5.74) is 0.276. The highest BCUT2D eigenvalue weighted by molar-refractivity contribution is 6.04. The zero-order valence-corrected chi connectivity index (χ0v) is 50.8. The van der Waals surface area contributed by atoms with Crippen LogP contribution in [-0.2, 0) is 28.7 Å². The molecule has 1 N–H and O–H groups in total. The van der Waals surface area contributed by atoms with Crippen LogP contribution in [0, 0.1) is 114 Å². The number of rotatable bonds is 5. The Morgan fingerprint density at radius 2 is 0.961 bits per heavy atom. The van der Waals surface area contributed by atoms with Gasteiger partial charge in [0, 0.05) is 49.8 Å². The summed E-state index contributed by atoms with van der Waals surface area (Å²) in [6.45, 7) is 48.9. The molecule has 0 heterocycles. The lowest BCUT2D eigenvalue weighted by molar-refractivity contribution is -0.175. The van der Waals surface area contributed by atoms with Gasteiger partial charge in [-0.3, -0.25) is 14.4 Å². The molecule has 9 nitrogen and oxygen atoms in total. The smallest absolute Gasteiger partial charge is 0.302 e. The molecule has 14 atom stereocenters. The first-order valence-corrected chi connectivity index (χ1v) is 29.2. The fourth-order valence-corrected chi connectivity index (χ4v) is 20.9. The van der Waals surface area contributed by atoms with E-state index in [1.807, 2.05) is 52.0 Å². The van der Waals surface area contributed by atoms with Gasteiger partial charge in [-0.05, 0) is 182 Å². The Labute approximate surface area is 468 Å². The van der Waals surface area contributed by atoms with E-state index >= 15 is 0 Å². The lowest BCUT2D eigenvalue weighted by Crippen LogP contribution is -2.64. The van der Waals surface area contributed by atoms with Crippen molar-refractivity contribution in [1.82, 2.24) is 0 Å². The summed E-state index contributed by atoms with van der Waals surface area (Å²) >= 11 is 0. The summed E-state index contributed by atoms with van der Waals surface area (Å²) in [5.74, 6) is 0.730. The molecule has 0 aromatic heterocycles. The number of Topliss-reactive ketones (excluding diaryl/α,β-unsaturated/α-hetero) is 2. The average Bonchev–Trinajstić information content (AvgIpc) is 3.28. The van der Waals surface area contributed by atoms with E-state index in [2.05, 4.69) is 78.9 Å². The van der Waals surface area contributed by atoms with Crippen molar-refractivity contribution in [2.75, 3.05) is 13.2 Å². The van der Waals surface area contributed by atoms with E-state index < -0.39 is 21.7 Å². The largest absolute Gasteiger partial charge is 0.466 e. The Balaban J connectivity index is 0.000000216. The molecule has 6 saturated carbocycles. The van der Waals surface area contributed by atoms with Crippen molar-refractivity contribution in [3.05, 3.63) is 69.7 Å². The zero-order chi connectivity index (χ0) is 59.3. The molecule has 424 valence electrons. The van der Waals surface area contributed by atoms with Crippen molar-refractivity contribution in [2.45, 2.75) is 221 Å². The highest BCUT2D eigenvalue weighted by atomic mass is 16.5. The molecular weight excluding hydrogens is 957 g/mol. The van der Waals surface area contributed by atoms with Crippen LogP contribution in [0.5, 0.6) is 0 Å². The quantitative estimate of drug-likeness (QED) is 0.215. The lowest BCUT2D eigenvalue weighted by atomic mass is 9.34. The van der Waals surface area contributed by atoms with Crippen LogP contribution in [-0.4, -0.2) is 47.4 Å². The summed E-state index contributed by atoms with van der Waals surface area (Å²) in [5, 5.41) is 10.1. The van der Waals surface area contributed by atoms with Crippen LogP contribution in [0.25, 0.3) is 9.69 Å². The first-order valence-electron chi connectivity index (χ1n) is 31.2. The first-order chi connectivity index (χ1) is 36.6. The Bertz CT molecular complexity index is 2730. The van der Waals surface area contributed by atoms with Crippen molar-refractivity contribution >= 4 is 29.1 Å². The average molecular weight is 1060 g/mol. The fourth-order valence-electron chi connectivity index (χ4n) is 20.9. The maximum absolute atomic E-state index is 14.5. The van der Waals surface area contributed by atoms with E-state index in [-0.39, 0.29) is 120 Å². The molecule has 0 unspecified atom stereocenters. The normalized spacial score (nSPS) is 44.3. The topological polar surface area (TPSA) is 124 Å². The van der Waals surface area contributed by atoms with Crippen molar-refractivity contribution in [2.24, 2.45) is 100 Å². The standard InChI is InChI=1S/C34H47NO4.C32H45NO3.2CH4/c1-21(36)39-17-16-34-14-12-29(2,3)19-22(34)27-24(37)18-26-31(6)20-23(35-9)28(38)30(4,5)25(31)10-11-32(26,7)33(27,8)13-15-34;1-27(2)11-13-32(15-16-34)14-12-31(7)25(20(32)18-27)22(35)17-24-29(5)19-21(33-8)26(36)28(3,4)23(29)9-10-30(24,31)6;;/h18,20,22,25,27H,10-17,19H2,1-8H3;17,19-20,23,25,34H,9-16,18H2,1-7H3;2*1H4/t22-,25-,27-,31-,32+,33+,34+;20-,23-,25-,29-,30+,31+,32+;;/m00../s1/i;;2*1T. The third-order valence-corrected chi connectivity index (χ3v) is 25.6. The predicted octanol–water partition coefficient (Wildman–Crippen LogP) is 15.7. The van der Waals surface area contributed by atoms with Crippen molar-refractivity contribution in [3.8, 4) is 0 Å². The molecule has 0 aromatic carbocycles. The highest BCUT2D eigenvalue weighted by Crippen LogP contribution is 2.77. The van der Waals surface area contributed by atoms with Crippen LogP contribution in [0.2, 0.25) is 0 Å². The van der Waals surface area contributed by atoms with Gasteiger partial charge in [-0.1, -0.05) is 135 Å². The van der Waals surface area contributed by atoms with Crippen LogP contribution < -0.4 is 0 Å². The number of nitrogens with zero attached hydrogens (tertiary/aromatic N) is 2. The van der Waals surface area contributed by atoms with Gasteiger partial charge in [0.2, 0.25) is 11.4 Å². The summed E-state index contributed by atoms with van der Waals surface area (Å²) in [7, 11) is 2.50. The van der Waals surface area contributed by atoms with Gasteiger partial charge in [-0.2, -0.15) is 0 Å². The van der Waals surface area contributed by atoms with Crippen molar-refractivity contribution in [3.63, 3.8) is 0 Å². The van der Waals surface area contributed by atoms with E-state index in [9.17, 15) is 29.1 Å². The second-order valence-corrected chi connectivity index (χ2v) is 30.7. The van der Waals surface area contributed by atoms with Crippen molar-refractivity contribution < 1.29 is 36.6 Å². The van der Waals surface area contributed by atoms with Gasteiger partial charge in [0.1, 0.15) is 0 Å². The minimum Gasteiger partial charge on any atom is -0.466 e. The van der Waals surface area contributed by atoms with Gasteiger partial charge in [0.15, 0.2) is 23.1 Å². The molecule has 9 heteroatoms. The van der Waals surface area contributed by atoms with Crippen LogP contribution >= 0.6 is 0 Å². The van der Waals surface area contributed by atoms with Crippen LogP contribution in [0.15, 0.2) is 46.8 Å². The van der Waals surface area contributed by atoms with Gasteiger partial charge < -0.3 is 19.4 Å². The zero-order valence-electron chi connectivity index (χ0n) is 52.8. The SMILES string of the molecule is [3H]C.[3H]C.[C-]#[N+]C1=C[C@]2(C)C3=CC(=O)[C@@H]4[C@@H]5CC(C)(C)CC[C@]5(CCO)CC[C@@]4(C)[C@]3(C)CC[C@H]2C(C)(C)C1=O.[C-]#[N+]C1=C[C@]2(C)C3=CC(=O)[C@@H]4[C@@H]5CC(C)(C)CC[C@]5(CCOC(C)=O)CC[C@@]4(C)[C@]3(C)CC[C@H]2C(C)(C)C1=O. The van der Waals surface area contributed by atoms with Gasteiger partial charge in [-0.15, -0.1) is 0 Å². The third kappa shape index (κ3) is 8.41. The van der Waals surface area contributed by atoms with E-state index in [0.29, 0.717) is 12.5 Å². The Hall–Kier alpha value is -3.95. The predicted molar refractivity (Wildman–Crippen MR) is 306 cm³/mol. The molecule has 0 radical (unpaired) electrons. The van der Waals surface area contributed by atoms with Gasteiger partial charge in [0.05, 0.1) is 19.8 Å². The molecule has 6 fully saturated rings. The number of aliphatic hydroxyl groups is 1. The second kappa shape index (κ2) is 19.1. The molecule has 77 heavy (non-hydrogen) atoms. The molecule has 0 spiro atoms. The molecule has 0 aliphatic heterocycles. The number of allylic oxidation sites excluding steroid dienone is 8. The van der Waals surface area contributed by atoms with E-state index in [4.69, 9.17) is 20.6 Å². The summed E-state index contributed by atoms with van der Waals surface area (Å²) in [6, 6.07) is 0. The van der Waals surface area contributed by atoms with Crippen LogP contribution in [0.4, 0.5) is 0 Å².